The van der Waals surface area contributed by atoms with Gasteiger partial charge in [-0.3, -0.25) is 0 Å². The minimum absolute atomic E-state index is 0.119. The van der Waals surface area contributed by atoms with E-state index in [9.17, 15) is 4.79 Å². The van der Waals surface area contributed by atoms with Crippen LogP contribution in [0.3, 0.4) is 0 Å². The first kappa shape index (κ1) is 18.4. The molecule has 0 bridgehead atoms. The van der Waals surface area contributed by atoms with Crippen LogP contribution in [0.4, 0.5) is 0 Å². The standard InChI is InChI=1S/C24H24O4/c1-15(2)27-23-12-11-19(17-6-3-4-7-20(17)23)18-8-5-9-22-21(18)14-16(28-22)10-13-24(25)26/h3-4,6-7,10-15,18H,5,8-9H2,1-2H3,(H,25,26). The molecule has 0 spiro atoms. The molecule has 0 saturated carbocycles. The van der Waals surface area contributed by atoms with Crippen molar-refractivity contribution < 1.29 is 19.1 Å². The third-order valence-electron chi connectivity index (χ3n) is 5.18. The quantitative estimate of drug-likeness (QED) is 0.573. The number of aryl methyl sites for hydroxylation is 1. The Bertz CT molecular complexity index is 1040. The summed E-state index contributed by atoms with van der Waals surface area (Å²) in [5.41, 5.74) is 2.43. The average molecular weight is 376 g/mol. The first-order chi connectivity index (χ1) is 13.5. The van der Waals surface area contributed by atoms with E-state index in [4.69, 9.17) is 14.3 Å². The van der Waals surface area contributed by atoms with Gasteiger partial charge >= 0.3 is 5.97 Å². The summed E-state index contributed by atoms with van der Waals surface area (Å²) in [6.07, 6.45) is 5.74. The summed E-state index contributed by atoms with van der Waals surface area (Å²) in [4.78, 5) is 10.8. The molecule has 4 nitrogen and oxygen atoms in total. The number of hydrogen-bond acceptors (Lipinski definition) is 3. The molecule has 2 aromatic carbocycles. The molecule has 1 atom stereocenters. The number of carboxylic acid groups (broad SMARTS) is 1. The number of benzene rings is 2. The Morgan fingerprint density at radius 1 is 1.18 bits per heavy atom. The molecule has 3 aromatic rings. The molecule has 0 fully saturated rings. The molecule has 0 radical (unpaired) electrons. The summed E-state index contributed by atoms with van der Waals surface area (Å²) >= 11 is 0. The van der Waals surface area contributed by atoms with Crippen LogP contribution in [0, 0.1) is 0 Å². The van der Waals surface area contributed by atoms with Gasteiger partial charge in [-0.05, 0) is 55.8 Å². The fraction of sp³-hybridized carbons (Fsp3) is 0.292. The van der Waals surface area contributed by atoms with Gasteiger partial charge in [0.2, 0.25) is 0 Å². The number of fused-ring (bicyclic) bond motifs is 2. The predicted octanol–water partition coefficient (Wildman–Crippen LogP) is 5.79. The molecule has 1 aromatic heterocycles. The molecule has 1 unspecified atom stereocenters. The summed E-state index contributed by atoms with van der Waals surface area (Å²) in [7, 11) is 0. The van der Waals surface area contributed by atoms with Crippen molar-refractivity contribution in [2.75, 3.05) is 0 Å². The zero-order valence-electron chi connectivity index (χ0n) is 16.1. The first-order valence-electron chi connectivity index (χ1n) is 9.75. The van der Waals surface area contributed by atoms with Gasteiger partial charge in [0.15, 0.2) is 0 Å². The van der Waals surface area contributed by atoms with Gasteiger partial charge in [-0.2, -0.15) is 0 Å². The fourth-order valence-electron chi connectivity index (χ4n) is 4.09. The van der Waals surface area contributed by atoms with Crippen LogP contribution in [-0.2, 0) is 11.2 Å². The van der Waals surface area contributed by atoms with Gasteiger partial charge in [0.1, 0.15) is 17.3 Å². The normalized spacial score (nSPS) is 16.6. The minimum atomic E-state index is -0.974. The molecular weight excluding hydrogens is 352 g/mol. The molecule has 4 rings (SSSR count). The Balaban J connectivity index is 1.79. The van der Waals surface area contributed by atoms with E-state index >= 15 is 0 Å². The van der Waals surface area contributed by atoms with Gasteiger partial charge in [0.25, 0.3) is 0 Å². The Hall–Kier alpha value is -3.01. The summed E-state index contributed by atoms with van der Waals surface area (Å²) in [6, 6.07) is 14.6. The monoisotopic (exact) mass is 376 g/mol. The molecule has 0 saturated heterocycles. The van der Waals surface area contributed by atoms with E-state index in [2.05, 4.69) is 30.3 Å². The highest BCUT2D eigenvalue weighted by Crippen LogP contribution is 2.42. The summed E-state index contributed by atoms with van der Waals surface area (Å²) in [5.74, 6) is 1.73. The predicted molar refractivity (Wildman–Crippen MR) is 110 cm³/mol. The van der Waals surface area contributed by atoms with E-state index in [-0.39, 0.29) is 12.0 Å². The average Bonchev–Trinajstić information content (AvgIpc) is 3.10. The van der Waals surface area contributed by atoms with Gasteiger partial charge in [0, 0.05) is 29.4 Å². The second-order valence-electron chi connectivity index (χ2n) is 7.51. The minimum Gasteiger partial charge on any atom is -0.490 e. The van der Waals surface area contributed by atoms with Gasteiger partial charge in [0.05, 0.1) is 6.10 Å². The highest BCUT2D eigenvalue weighted by Gasteiger charge is 2.27. The van der Waals surface area contributed by atoms with Crippen molar-refractivity contribution in [3.63, 3.8) is 0 Å². The molecule has 28 heavy (non-hydrogen) atoms. The van der Waals surface area contributed by atoms with Crippen LogP contribution in [0.1, 0.15) is 55.3 Å². The second-order valence-corrected chi connectivity index (χ2v) is 7.51. The molecule has 1 N–H and O–H groups in total. The van der Waals surface area contributed by atoms with Gasteiger partial charge in [-0.15, -0.1) is 0 Å². The lowest BCUT2D eigenvalue weighted by molar-refractivity contribution is -0.131. The third kappa shape index (κ3) is 3.55. The Kier molecular flexibility index (Phi) is 4.95. The summed E-state index contributed by atoms with van der Waals surface area (Å²) < 4.78 is 11.9. The number of carboxylic acids is 1. The van der Waals surface area contributed by atoms with Crippen molar-refractivity contribution in [3.05, 3.63) is 71.2 Å². The maximum Gasteiger partial charge on any atom is 0.328 e. The molecule has 0 aliphatic heterocycles. The van der Waals surface area contributed by atoms with Crippen LogP contribution in [-0.4, -0.2) is 17.2 Å². The van der Waals surface area contributed by atoms with E-state index in [0.29, 0.717) is 5.76 Å². The van der Waals surface area contributed by atoms with Crippen LogP contribution in [0.25, 0.3) is 16.8 Å². The van der Waals surface area contributed by atoms with Crippen LogP contribution < -0.4 is 4.74 Å². The molecule has 4 heteroatoms. The molecule has 0 amide bonds. The lowest BCUT2D eigenvalue weighted by Crippen LogP contribution is -2.10. The lowest BCUT2D eigenvalue weighted by Gasteiger charge is -2.24. The van der Waals surface area contributed by atoms with E-state index < -0.39 is 5.97 Å². The smallest absolute Gasteiger partial charge is 0.328 e. The SMILES string of the molecule is CC(C)Oc1ccc(C2CCCc3oc(C=CC(=O)O)cc32)c2ccccc12. The molecule has 1 aliphatic carbocycles. The van der Waals surface area contributed by atoms with Crippen LogP contribution in [0.15, 0.2) is 53.0 Å². The lowest BCUT2D eigenvalue weighted by atomic mass is 9.80. The summed E-state index contributed by atoms with van der Waals surface area (Å²) in [6.45, 7) is 4.07. The zero-order chi connectivity index (χ0) is 19.7. The van der Waals surface area contributed by atoms with Crippen molar-refractivity contribution >= 4 is 22.8 Å². The van der Waals surface area contributed by atoms with Gasteiger partial charge in [-0.25, -0.2) is 4.79 Å². The number of aliphatic carboxylic acids is 1. The maximum atomic E-state index is 10.8. The largest absolute Gasteiger partial charge is 0.490 e. The van der Waals surface area contributed by atoms with E-state index in [0.717, 1.165) is 42.2 Å². The van der Waals surface area contributed by atoms with Gasteiger partial charge in [-0.1, -0.05) is 30.3 Å². The van der Waals surface area contributed by atoms with Crippen LogP contribution in [0.5, 0.6) is 5.75 Å². The van der Waals surface area contributed by atoms with E-state index in [1.165, 1.54) is 22.6 Å². The maximum absolute atomic E-state index is 10.8. The highest BCUT2D eigenvalue weighted by atomic mass is 16.5. The summed E-state index contributed by atoms with van der Waals surface area (Å²) in [5, 5.41) is 11.2. The van der Waals surface area contributed by atoms with Crippen LogP contribution in [0.2, 0.25) is 0 Å². The number of carbonyl (C=O) groups is 1. The van der Waals surface area contributed by atoms with Crippen molar-refractivity contribution in [3.8, 4) is 5.75 Å². The van der Waals surface area contributed by atoms with Gasteiger partial charge < -0.3 is 14.3 Å². The Labute approximate surface area is 164 Å². The number of rotatable bonds is 5. The topological polar surface area (TPSA) is 59.7 Å². The molecule has 1 heterocycles. The van der Waals surface area contributed by atoms with Crippen molar-refractivity contribution in [1.82, 2.24) is 0 Å². The zero-order valence-corrected chi connectivity index (χ0v) is 16.1. The Morgan fingerprint density at radius 2 is 1.96 bits per heavy atom. The number of ether oxygens (including phenoxy) is 1. The first-order valence-corrected chi connectivity index (χ1v) is 9.75. The van der Waals surface area contributed by atoms with Crippen molar-refractivity contribution in [1.29, 1.82) is 0 Å². The van der Waals surface area contributed by atoms with Crippen molar-refractivity contribution in [2.45, 2.75) is 45.1 Å². The highest BCUT2D eigenvalue weighted by molar-refractivity contribution is 5.92. The molecular formula is C24H24O4. The molecule has 144 valence electrons. The van der Waals surface area contributed by atoms with E-state index in [1.54, 1.807) is 0 Å². The molecule has 1 aliphatic rings. The number of furan rings is 1. The Morgan fingerprint density at radius 3 is 2.71 bits per heavy atom. The van der Waals surface area contributed by atoms with E-state index in [1.807, 2.05) is 26.0 Å². The van der Waals surface area contributed by atoms with Crippen LogP contribution >= 0.6 is 0 Å². The number of hydrogen-bond donors (Lipinski definition) is 1. The second kappa shape index (κ2) is 7.55. The van der Waals surface area contributed by atoms with Crippen molar-refractivity contribution in [2.24, 2.45) is 0 Å². The third-order valence-corrected chi connectivity index (χ3v) is 5.18. The fourth-order valence-corrected chi connectivity index (χ4v) is 4.09.